The molecular weight excluding hydrogens is 332 g/mol. The normalized spacial score (nSPS) is 19.6. The molecule has 1 aliphatic rings. The summed E-state index contributed by atoms with van der Waals surface area (Å²) in [6.07, 6.45) is 5.57. The molecule has 2 heterocycles. The van der Waals surface area contributed by atoms with Crippen LogP contribution in [0.1, 0.15) is 46.5 Å². The summed E-state index contributed by atoms with van der Waals surface area (Å²) in [4.78, 5) is 6.08. The molecule has 2 aromatic rings. The monoisotopic (exact) mass is 350 g/mol. The van der Waals surface area contributed by atoms with Crippen molar-refractivity contribution in [1.82, 2.24) is 10.3 Å². The van der Waals surface area contributed by atoms with E-state index in [1.807, 2.05) is 17.5 Å². The molecule has 106 valence electrons. The molecule has 1 N–H and O–H groups in total. The largest absolute Gasteiger partial charge is 0.312 e. The van der Waals surface area contributed by atoms with Gasteiger partial charge in [-0.05, 0) is 72.4 Å². The zero-order valence-corrected chi connectivity index (χ0v) is 14.2. The van der Waals surface area contributed by atoms with Crippen LogP contribution < -0.4 is 5.32 Å². The van der Waals surface area contributed by atoms with E-state index in [0.29, 0.717) is 12.0 Å². The molecule has 20 heavy (non-hydrogen) atoms. The van der Waals surface area contributed by atoms with Crippen molar-refractivity contribution >= 4 is 27.3 Å². The molecule has 2 unspecified atom stereocenters. The average Bonchev–Trinajstić information content (AvgIpc) is 2.79. The molecule has 0 saturated heterocycles. The number of pyridine rings is 1. The predicted molar refractivity (Wildman–Crippen MR) is 88.5 cm³/mol. The van der Waals surface area contributed by atoms with Crippen LogP contribution in [0.3, 0.4) is 0 Å². The van der Waals surface area contributed by atoms with Crippen LogP contribution in [-0.4, -0.2) is 12.0 Å². The lowest BCUT2D eigenvalue weighted by molar-refractivity contribution is 0.420. The molecule has 0 amide bonds. The molecule has 0 saturated carbocycles. The maximum absolute atomic E-state index is 4.68. The highest BCUT2D eigenvalue weighted by Crippen LogP contribution is 2.42. The molecule has 2 nitrogen and oxygen atoms in total. The number of thiophene rings is 1. The minimum atomic E-state index is 0.360. The second-order valence-electron chi connectivity index (χ2n) is 5.42. The minimum absolute atomic E-state index is 0.360. The van der Waals surface area contributed by atoms with Gasteiger partial charge >= 0.3 is 0 Å². The second-order valence-corrected chi connectivity index (χ2v) is 7.82. The number of aromatic nitrogens is 1. The maximum atomic E-state index is 4.68. The van der Waals surface area contributed by atoms with Gasteiger partial charge in [-0.15, -0.1) is 11.3 Å². The van der Waals surface area contributed by atoms with E-state index >= 15 is 0 Å². The highest BCUT2D eigenvalue weighted by atomic mass is 79.9. The third-order valence-electron chi connectivity index (χ3n) is 4.13. The van der Waals surface area contributed by atoms with Crippen LogP contribution in [0.4, 0.5) is 0 Å². The van der Waals surface area contributed by atoms with Crippen LogP contribution in [0.15, 0.2) is 28.2 Å². The molecule has 0 aliphatic heterocycles. The molecule has 1 aliphatic carbocycles. The van der Waals surface area contributed by atoms with Gasteiger partial charge in [-0.3, -0.25) is 4.98 Å². The van der Waals surface area contributed by atoms with Gasteiger partial charge in [0.05, 0.1) is 3.79 Å². The summed E-state index contributed by atoms with van der Waals surface area (Å²) < 4.78 is 1.24. The van der Waals surface area contributed by atoms with Gasteiger partial charge in [0.15, 0.2) is 0 Å². The lowest BCUT2D eigenvalue weighted by Gasteiger charge is -2.30. The lowest BCUT2D eigenvalue weighted by atomic mass is 9.81. The Kier molecular flexibility index (Phi) is 4.24. The standard InChI is InChI=1S/C16H19BrN2S/c1-10-9-13(20-16(10)17)15(18-2)12-7-3-5-11-6-4-8-19-14(11)12/h4,6,8-9,12,15,18H,3,5,7H2,1-2H3. The molecular formula is C16H19BrN2S. The topological polar surface area (TPSA) is 24.9 Å². The van der Waals surface area contributed by atoms with Crippen molar-refractivity contribution < 1.29 is 0 Å². The van der Waals surface area contributed by atoms with Crippen molar-refractivity contribution in [3.8, 4) is 0 Å². The second kappa shape index (κ2) is 5.96. The quantitative estimate of drug-likeness (QED) is 0.875. The molecule has 0 aromatic carbocycles. The lowest BCUT2D eigenvalue weighted by Crippen LogP contribution is -2.26. The molecule has 4 heteroatoms. The number of hydrogen-bond donors (Lipinski definition) is 1. The first-order chi connectivity index (χ1) is 9.70. The number of halogens is 1. The average molecular weight is 351 g/mol. The number of aryl methyl sites for hydroxylation is 2. The number of fused-ring (bicyclic) bond motifs is 1. The van der Waals surface area contributed by atoms with Crippen molar-refractivity contribution in [2.24, 2.45) is 0 Å². The van der Waals surface area contributed by atoms with E-state index in [1.54, 1.807) is 0 Å². The Balaban J connectivity index is 1.98. The van der Waals surface area contributed by atoms with E-state index in [0.717, 1.165) is 0 Å². The summed E-state index contributed by atoms with van der Waals surface area (Å²) in [5.74, 6) is 0.481. The maximum Gasteiger partial charge on any atom is 0.0731 e. The van der Waals surface area contributed by atoms with E-state index in [2.05, 4.69) is 58.4 Å². The van der Waals surface area contributed by atoms with Crippen LogP contribution in [-0.2, 0) is 6.42 Å². The number of hydrogen-bond acceptors (Lipinski definition) is 3. The Bertz CT molecular complexity index is 589. The summed E-state index contributed by atoms with van der Waals surface area (Å²) >= 11 is 5.49. The molecule has 2 atom stereocenters. The van der Waals surface area contributed by atoms with E-state index < -0.39 is 0 Å². The first-order valence-electron chi connectivity index (χ1n) is 7.07. The third-order valence-corrected chi connectivity index (χ3v) is 6.35. The summed E-state index contributed by atoms with van der Waals surface area (Å²) in [6, 6.07) is 6.95. The van der Waals surface area contributed by atoms with Crippen LogP contribution in [0.25, 0.3) is 0 Å². The summed E-state index contributed by atoms with van der Waals surface area (Å²) in [5.41, 5.74) is 4.04. The van der Waals surface area contributed by atoms with Gasteiger partial charge < -0.3 is 5.32 Å². The fourth-order valence-electron chi connectivity index (χ4n) is 3.15. The Morgan fingerprint density at radius 2 is 2.35 bits per heavy atom. The Hall–Kier alpha value is -0.710. The fourth-order valence-corrected chi connectivity index (χ4v) is 4.90. The SMILES string of the molecule is CNC(c1cc(C)c(Br)s1)C1CCCc2cccnc21. The molecule has 0 bridgehead atoms. The summed E-state index contributed by atoms with van der Waals surface area (Å²) in [6.45, 7) is 2.16. The number of nitrogens with one attached hydrogen (secondary N) is 1. The Morgan fingerprint density at radius 1 is 1.50 bits per heavy atom. The zero-order chi connectivity index (χ0) is 14.1. The minimum Gasteiger partial charge on any atom is -0.312 e. The van der Waals surface area contributed by atoms with Gasteiger partial charge in [-0.1, -0.05) is 6.07 Å². The van der Waals surface area contributed by atoms with Crippen LogP contribution in [0.2, 0.25) is 0 Å². The van der Waals surface area contributed by atoms with E-state index in [-0.39, 0.29) is 0 Å². The van der Waals surface area contributed by atoms with Crippen molar-refractivity contribution in [2.75, 3.05) is 7.05 Å². The fraction of sp³-hybridized carbons (Fsp3) is 0.438. The highest BCUT2D eigenvalue weighted by molar-refractivity contribution is 9.11. The van der Waals surface area contributed by atoms with Gasteiger partial charge in [-0.2, -0.15) is 0 Å². The molecule has 3 rings (SSSR count). The van der Waals surface area contributed by atoms with Crippen molar-refractivity contribution in [3.05, 3.63) is 49.9 Å². The summed E-state index contributed by atoms with van der Waals surface area (Å²) in [5, 5.41) is 3.52. The number of rotatable bonds is 3. The highest BCUT2D eigenvalue weighted by Gasteiger charge is 2.30. The van der Waals surface area contributed by atoms with Crippen molar-refractivity contribution in [2.45, 2.75) is 38.1 Å². The van der Waals surface area contributed by atoms with Gasteiger partial charge in [-0.25, -0.2) is 0 Å². The van der Waals surface area contributed by atoms with Crippen molar-refractivity contribution in [3.63, 3.8) is 0 Å². The van der Waals surface area contributed by atoms with E-state index in [1.165, 1.54) is 44.7 Å². The molecule has 0 radical (unpaired) electrons. The van der Waals surface area contributed by atoms with E-state index in [9.17, 15) is 0 Å². The molecule has 0 fully saturated rings. The first-order valence-corrected chi connectivity index (χ1v) is 8.68. The summed E-state index contributed by atoms with van der Waals surface area (Å²) in [7, 11) is 2.06. The third kappa shape index (κ3) is 2.57. The first kappa shape index (κ1) is 14.2. The van der Waals surface area contributed by atoms with E-state index in [4.69, 9.17) is 0 Å². The smallest absolute Gasteiger partial charge is 0.0731 e. The van der Waals surface area contributed by atoms with Gasteiger partial charge in [0.1, 0.15) is 0 Å². The molecule has 2 aromatic heterocycles. The number of nitrogens with zero attached hydrogens (tertiary/aromatic N) is 1. The molecule has 0 spiro atoms. The van der Waals surface area contributed by atoms with Gasteiger partial charge in [0, 0.05) is 28.7 Å². The zero-order valence-electron chi connectivity index (χ0n) is 11.8. The van der Waals surface area contributed by atoms with Gasteiger partial charge in [0.25, 0.3) is 0 Å². The van der Waals surface area contributed by atoms with Crippen LogP contribution >= 0.6 is 27.3 Å². The van der Waals surface area contributed by atoms with Crippen molar-refractivity contribution in [1.29, 1.82) is 0 Å². The Labute approximate surface area is 132 Å². The number of likely N-dealkylation sites (N-methyl/N-ethyl adjacent to an activating group) is 1. The van der Waals surface area contributed by atoms with Crippen LogP contribution in [0, 0.1) is 6.92 Å². The Morgan fingerprint density at radius 3 is 3.05 bits per heavy atom. The van der Waals surface area contributed by atoms with Gasteiger partial charge in [0.2, 0.25) is 0 Å². The van der Waals surface area contributed by atoms with Crippen LogP contribution in [0.5, 0.6) is 0 Å². The predicted octanol–water partition coefficient (Wildman–Crippen LogP) is 4.59.